The van der Waals surface area contributed by atoms with E-state index in [1.165, 1.54) is 0 Å². The van der Waals surface area contributed by atoms with Crippen molar-refractivity contribution >= 4 is 33.4 Å². The minimum atomic E-state index is -0.0728. The lowest BCUT2D eigenvalue weighted by Gasteiger charge is -2.38. The summed E-state index contributed by atoms with van der Waals surface area (Å²) in [6.07, 6.45) is 1.76. The Labute approximate surface area is 181 Å². The number of carbonyl (C=O) groups is 1. The number of pyridine rings is 1. The molecular weight excluding hydrogens is 398 g/mol. The van der Waals surface area contributed by atoms with Crippen LogP contribution in [0.2, 0.25) is 0 Å². The van der Waals surface area contributed by atoms with E-state index in [1.807, 2.05) is 56.9 Å². The van der Waals surface area contributed by atoms with Crippen LogP contribution in [0, 0.1) is 12.8 Å². The van der Waals surface area contributed by atoms with Crippen LogP contribution in [0.3, 0.4) is 0 Å². The highest BCUT2D eigenvalue weighted by atomic mass is 32.1. The van der Waals surface area contributed by atoms with Gasteiger partial charge in [-0.05, 0) is 32.0 Å². The molecule has 0 radical (unpaired) electrons. The van der Waals surface area contributed by atoms with Gasteiger partial charge in [-0.25, -0.2) is 9.97 Å². The lowest BCUT2D eigenvalue weighted by atomic mass is 10.0. The van der Waals surface area contributed by atoms with Crippen molar-refractivity contribution in [1.82, 2.24) is 19.9 Å². The van der Waals surface area contributed by atoms with E-state index in [9.17, 15) is 4.79 Å². The molecule has 0 spiro atoms. The van der Waals surface area contributed by atoms with Crippen LogP contribution in [0.4, 0.5) is 5.95 Å². The summed E-state index contributed by atoms with van der Waals surface area (Å²) >= 11 is 1.56. The number of likely N-dealkylation sites (tertiary alicyclic amines) is 1. The second kappa shape index (κ2) is 9.95. The first-order chi connectivity index (χ1) is 14.5. The molecule has 1 fully saturated rings. The molecule has 1 N–H and O–H groups in total. The number of carbonyl (C=O) groups excluding carboxylic acids is 1. The van der Waals surface area contributed by atoms with Gasteiger partial charge in [-0.2, -0.15) is 0 Å². The van der Waals surface area contributed by atoms with Gasteiger partial charge in [-0.3, -0.25) is 9.78 Å². The van der Waals surface area contributed by atoms with Gasteiger partial charge in [0, 0.05) is 37.2 Å². The summed E-state index contributed by atoms with van der Waals surface area (Å²) in [5, 5.41) is 3.29. The van der Waals surface area contributed by atoms with Crippen LogP contribution in [-0.4, -0.2) is 52.6 Å². The monoisotopic (exact) mass is 427 g/mol. The highest BCUT2D eigenvalue weighted by Crippen LogP contribution is 2.30. The minimum absolute atomic E-state index is 0.0462. The predicted octanol–water partition coefficient (Wildman–Crippen LogP) is 4.31. The maximum absolute atomic E-state index is 13.1. The summed E-state index contributed by atoms with van der Waals surface area (Å²) in [5.74, 6) is 0.800. The van der Waals surface area contributed by atoms with Gasteiger partial charge in [0.15, 0.2) is 5.69 Å². The third kappa shape index (κ3) is 4.76. The first-order valence-corrected chi connectivity index (χ1v) is 11.1. The lowest BCUT2D eigenvalue weighted by molar-refractivity contribution is 0.0267. The molecule has 1 amide bonds. The summed E-state index contributed by atoms with van der Waals surface area (Å²) in [4.78, 5) is 29.6. The fourth-order valence-corrected chi connectivity index (χ4v) is 4.32. The van der Waals surface area contributed by atoms with Crippen molar-refractivity contribution in [2.75, 3.05) is 32.1 Å². The van der Waals surface area contributed by atoms with Gasteiger partial charge in [-0.1, -0.05) is 19.9 Å². The molecule has 0 bridgehead atoms. The zero-order valence-corrected chi connectivity index (χ0v) is 19.0. The molecule has 30 heavy (non-hydrogen) atoms. The molecule has 160 valence electrons. The fourth-order valence-electron chi connectivity index (χ4n) is 3.39. The van der Waals surface area contributed by atoms with E-state index in [2.05, 4.69) is 20.3 Å². The highest BCUT2D eigenvalue weighted by Gasteiger charge is 2.33. The molecule has 0 saturated carbocycles. The number of methoxy groups -OCH3 is 1. The average molecular weight is 428 g/mol. The standard InChI is InChI=1S/C20H23N5O2S.C2H6/c1-12-8-16-18(28-12)17(19(26)25-9-14(10-25)11-27-3)24-20(23-16)22-13(2)15-6-4-5-7-21-15;1-2/h4-8,13-14H,9-11H2,1-3H3,(H,22,23,24);1-2H3/t13-;/m0./s1. The largest absolute Gasteiger partial charge is 0.384 e. The smallest absolute Gasteiger partial charge is 0.274 e. The molecule has 3 aromatic heterocycles. The Hall–Kier alpha value is -2.58. The number of nitrogens with zero attached hydrogens (tertiary/aromatic N) is 4. The molecule has 4 rings (SSSR count). The summed E-state index contributed by atoms with van der Waals surface area (Å²) in [6.45, 7) is 10.1. The van der Waals surface area contributed by atoms with Crippen LogP contribution in [0.5, 0.6) is 0 Å². The Morgan fingerprint density at radius 3 is 2.77 bits per heavy atom. The fraction of sp³-hybridized carbons (Fsp3) is 0.455. The van der Waals surface area contributed by atoms with E-state index in [0.717, 1.165) is 20.8 Å². The Morgan fingerprint density at radius 1 is 1.33 bits per heavy atom. The number of hydrogen-bond acceptors (Lipinski definition) is 7. The molecule has 1 atom stereocenters. The van der Waals surface area contributed by atoms with Crippen molar-refractivity contribution in [3.05, 3.63) is 46.7 Å². The number of fused-ring (bicyclic) bond motifs is 1. The summed E-state index contributed by atoms with van der Waals surface area (Å²) in [7, 11) is 1.69. The molecule has 1 saturated heterocycles. The molecule has 8 heteroatoms. The molecular formula is C22H29N5O2S. The molecule has 7 nitrogen and oxygen atoms in total. The van der Waals surface area contributed by atoms with E-state index in [1.54, 1.807) is 24.6 Å². The molecule has 3 aromatic rings. The topological polar surface area (TPSA) is 80.2 Å². The number of amides is 1. The zero-order chi connectivity index (χ0) is 21.7. The second-order valence-corrected chi connectivity index (χ2v) is 8.38. The number of ether oxygens (including phenoxy) is 1. The number of anilines is 1. The first kappa shape index (κ1) is 22.1. The first-order valence-electron chi connectivity index (χ1n) is 10.3. The van der Waals surface area contributed by atoms with Crippen LogP contribution in [-0.2, 0) is 4.74 Å². The quantitative estimate of drug-likeness (QED) is 0.631. The van der Waals surface area contributed by atoms with Crippen molar-refractivity contribution in [2.24, 2.45) is 5.92 Å². The SMILES string of the molecule is CC.COCC1CN(C(=O)c2nc(N[C@@H](C)c3ccccn3)nc3cc(C)sc23)C1. The van der Waals surface area contributed by atoms with Crippen LogP contribution in [0.25, 0.3) is 10.2 Å². The Kier molecular flexibility index (Phi) is 7.33. The maximum atomic E-state index is 13.1. The van der Waals surface area contributed by atoms with Gasteiger partial charge in [-0.15, -0.1) is 11.3 Å². The number of aryl methyl sites for hydroxylation is 1. The lowest BCUT2D eigenvalue weighted by Crippen LogP contribution is -2.51. The van der Waals surface area contributed by atoms with Crippen molar-refractivity contribution in [3.8, 4) is 0 Å². The van der Waals surface area contributed by atoms with E-state index in [-0.39, 0.29) is 11.9 Å². The molecule has 0 unspecified atom stereocenters. The van der Waals surface area contributed by atoms with Gasteiger partial charge < -0.3 is 15.0 Å². The summed E-state index contributed by atoms with van der Waals surface area (Å²) in [6, 6.07) is 7.71. The summed E-state index contributed by atoms with van der Waals surface area (Å²) in [5.41, 5.74) is 2.16. The third-order valence-electron chi connectivity index (χ3n) is 4.82. The van der Waals surface area contributed by atoms with Crippen LogP contribution in [0.15, 0.2) is 30.5 Å². The normalized spacial score (nSPS) is 14.6. The van der Waals surface area contributed by atoms with E-state index < -0.39 is 0 Å². The van der Waals surface area contributed by atoms with E-state index >= 15 is 0 Å². The Balaban J connectivity index is 0.00000124. The number of nitrogens with one attached hydrogen (secondary N) is 1. The van der Waals surface area contributed by atoms with Crippen LogP contribution >= 0.6 is 11.3 Å². The van der Waals surface area contributed by atoms with Crippen molar-refractivity contribution < 1.29 is 9.53 Å². The Morgan fingerprint density at radius 2 is 2.10 bits per heavy atom. The molecule has 0 aromatic carbocycles. The second-order valence-electron chi connectivity index (χ2n) is 7.12. The van der Waals surface area contributed by atoms with Gasteiger partial charge in [0.2, 0.25) is 5.95 Å². The molecule has 0 aliphatic carbocycles. The molecule has 4 heterocycles. The zero-order valence-electron chi connectivity index (χ0n) is 18.2. The number of hydrogen-bond donors (Lipinski definition) is 1. The summed E-state index contributed by atoms with van der Waals surface area (Å²) < 4.78 is 6.02. The number of aromatic nitrogens is 3. The predicted molar refractivity (Wildman–Crippen MR) is 121 cm³/mol. The van der Waals surface area contributed by atoms with Crippen molar-refractivity contribution in [1.29, 1.82) is 0 Å². The number of thiophene rings is 1. The van der Waals surface area contributed by atoms with Gasteiger partial charge in [0.05, 0.1) is 28.6 Å². The van der Waals surface area contributed by atoms with E-state index in [4.69, 9.17) is 4.74 Å². The van der Waals surface area contributed by atoms with Crippen LogP contribution < -0.4 is 5.32 Å². The van der Waals surface area contributed by atoms with E-state index in [0.29, 0.717) is 37.3 Å². The van der Waals surface area contributed by atoms with Crippen molar-refractivity contribution in [3.63, 3.8) is 0 Å². The molecule has 1 aliphatic rings. The third-order valence-corrected chi connectivity index (χ3v) is 5.87. The van der Waals surface area contributed by atoms with Gasteiger partial charge in [0.25, 0.3) is 5.91 Å². The van der Waals surface area contributed by atoms with Crippen LogP contribution in [0.1, 0.15) is 47.9 Å². The van der Waals surface area contributed by atoms with Crippen molar-refractivity contribution in [2.45, 2.75) is 33.7 Å². The number of rotatable bonds is 6. The highest BCUT2D eigenvalue weighted by molar-refractivity contribution is 7.19. The minimum Gasteiger partial charge on any atom is -0.384 e. The maximum Gasteiger partial charge on any atom is 0.274 e. The van der Waals surface area contributed by atoms with Gasteiger partial charge >= 0.3 is 0 Å². The Bertz CT molecular complexity index is 986. The average Bonchev–Trinajstić information content (AvgIpc) is 3.11. The van der Waals surface area contributed by atoms with Gasteiger partial charge in [0.1, 0.15) is 0 Å². The molecule has 1 aliphatic heterocycles.